The molecule has 1 N–H and O–H groups in total. The maximum atomic E-state index is 15.8. The van der Waals surface area contributed by atoms with Crippen LogP contribution < -0.4 is 15.3 Å². The molecule has 0 spiro atoms. The number of benzene rings is 3. The van der Waals surface area contributed by atoms with Gasteiger partial charge in [0, 0.05) is 18.7 Å². The molecule has 0 radical (unpaired) electrons. The van der Waals surface area contributed by atoms with Gasteiger partial charge in [-0.1, -0.05) is 81.4 Å². The summed E-state index contributed by atoms with van der Waals surface area (Å²) in [6.07, 6.45) is -0.506. The number of carbonyl (C=O) groups is 2. The van der Waals surface area contributed by atoms with E-state index in [0.29, 0.717) is 13.1 Å². The van der Waals surface area contributed by atoms with Crippen molar-refractivity contribution < 1.29 is 32.6 Å². The minimum Gasteiger partial charge on any atom is -0.475 e. The molecule has 3 aromatic rings. The Bertz CT molecular complexity index is 1330. The lowest BCUT2D eigenvalue weighted by atomic mass is 10.0. The van der Waals surface area contributed by atoms with E-state index in [1.165, 1.54) is 0 Å². The number of hydrogen-bond donors (Lipinski definition) is 1. The Morgan fingerprint density at radius 1 is 0.950 bits per heavy atom. The van der Waals surface area contributed by atoms with Gasteiger partial charge in [0.1, 0.15) is 0 Å². The molecule has 0 aromatic heterocycles. The van der Waals surface area contributed by atoms with E-state index in [1.807, 2.05) is 74.5 Å². The Kier molecular flexibility index (Phi) is 8.58. The van der Waals surface area contributed by atoms with Gasteiger partial charge < -0.3 is 19.2 Å². The fourth-order valence-electron chi connectivity index (χ4n) is 5.71. The van der Waals surface area contributed by atoms with Gasteiger partial charge in [0.25, 0.3) is 14.1 Å². The molecular weight excluding hydrogens is 532 g/mol. The van der Waals surface area contributed by atoms with E-state index < -0.39 is 42.3 Å². The predicted molar refractivity (Wildman–Crippen MR) is 153 cm³/mol. The molecule has 1 saturated heterocycles. The highest BCUT2D eigenvalue weighted by atomic mass is 28.4. The molecule has 2 unspecified atom stereocenters. The van der Waals surface area contributed by atoms with Crippen LogP contribution in [0, 0.1) is 11.6 Å². The number of morpholine rings is 1. The Morgan fingerprint density at radius 2 is 1.45 bits per heavy atom. The fraction of sp³-hybridized carbons (Fsp3) is 0.355. The summed E-state index contributed by atoms with van der Waals surface area (Å²) >= 11 is 0. The molecule has 212 valence electrons. The molecule has 1 heterocycles. The lowest BCUT2D eigenvalue weighted by molar-refractivity contribution is -0.131. The zero-order valence-electron chi connectivity index (χ0n) is 23.4. The summed E-state index contributed by atoms with van der Waals surface area (Å²) in [6.45, 7) is 10.4. The van der Waals surface area contributed by atoms with E-state index in [9.17, 15) is 14.7 Å². The van der Waals surface area contributed by atoms with E-state index in [4.69, 9.17) is 9.16 Å². The summed E-state index contributed by atoms with van der Waals surface area (Å²) in [7, 11) is -3.09. The quantitative estimate of drug-likeness (QED) is 0.237. The standard InChI is InChI=1S/C31H35F2NO5Si/c1-20-17-34(18-21(2)39-20)28-22(16-25(26(32)27(28)33)29(35)30(36)37)19-38-40(31(3,4)5,23-12-8-6-9-13-23)24-14-10-7-11-15-24/h6-16,20-21H,17-19H2,1-5H3,(H,36,37). The number of halogens is 2. The molecule has 4 rings (SSSR count). The van der Waals surface area contributed by atoms with Gasteiger partial charge in [0.05, 0.1) is 30.1 Å². The normalized spacial score (nSPS) is 18.0. The highest BCUT2D eigenvalue weighted by Crippen LogP contribution is 2.39. The number of carboxylic acids is 1. The second kappa shape index (κ2) is 11.6. The van der Waals surface area contributed by atoms with E-state index in [0.717, 1.165) is 16.4 Å². The van der Waals surface area contributed by atoms with Crippen LogP contribution in [0.25, 0.3) is 0 Å². The van der Waals surface area contributed by atoms with Gasteiger partial charge in [0.15, 0.2) is 11.6 Å². The van der Waals surface area contributed by atoms with Crippen LogP contribution in [0.4, 0.5) is 14.5 Å². The summed E-state index contributed by atoms with van der Waals surface area (Å²) < 4.78 is 43.8. The molecule has 2 atom stereocenters. The van der Waals surface area contributed by atoms with Crippen LogP contribution >= 0.6 is 0 Å². The first kappa shape index (κ1) is 29.6. The molecule has 0 saturated carbocycles. The van der Waals surface area contributed by atoms with Crippen molar-refractivity contribution in [1.82, 2.24) is 0 Å². The zero-order valence-corrected chi connectivity index (χ0v) is 24.4. The van der Waals surface area contributed by atoms with Crippen LogP contribution in [0.3, 0.4) is 0 Å². The first-order valence-corrected chi connectivity index (χ1v) is 15.2. The number of Topliss-reactive ketones (excluding diaryl/α,β-unsaturated/α-hetero) is 1. The Morgan fingerprint density at radius 3 is 1.90 bits per heavy atom. The van der Waals surface area contributed by atoms with Crippen molar-refractivity contribution in [3.8, 4) is 0 Å². The molecule has 1 aliphatic rings. The van der Waals surface area contributed by atoms with Crippen LogP contribution in [0.2, 0.25) is 5.04 Å². The maximum Gasteiger partial charge on any atom is 0.377 e. The Hall–Kier alpha value is -3.40. The number of aliphatic carboxylic acids is 1. The van der Waals surface area contributed by atoms with Gasteiger partial charge in [0.2, 0.25) is 0 Å². The number of anilines is 1. The highest BCUT2D eigenvalue weighted by molar-refractivity contribution is 6.99. The summed E-state index contributed by atoms with van der Waals surface area (Å²) in [5, 5.41) is 10.9. The van der Waals surface area contributed by atoms with E-state index >= 15 is 8.78 Å². The van der Waals surface area contributed by atoms with Crippen molar-refractivity contribution in [2.75, 3.05) is 18.0 Å². The third-order valence-corrected chi connectivity index (χ3v) is 12.3. The topological polar surface area (TPSA) is 76.1 Å². The van der Waals surface area contributed by atoms with Crippen molar-refractivity contribution in [1.29, 1.82) is 0 Å². The summed E-state index contributed by atoms with van der Waals surface area (Å²) in [4.78, 5) is 25.6. The smallest absolute Gasteiger partial charge is 0.377 e. The monoisotopic (exact) mass is 567 g/mol. The number of ether oxygens (including phenoxy) is 1. The largest absolute Gasteiger partial charge is 0.475 e. The SMILES string of the molecule is CC1CN(c2c(CO[Si](c3ccccc3)(c3ccccc3)C(C)(C)C)cc(C(=O)C(=O)O)c(F)c2F)CC(C)O1. The van der Waals surface area contributed by atoms with Crippen LogP contribution in [-0.4, -0.2) is 50.5 Å². The van der Waals surface area contributed by atoms with Gasteiger partial charge in [-0.15, -0.1) is 0 Å². The van der Waals surface area contributed by atoms with Gasteiger partial charge in [-0.05, 0) is 35.3 Å². The summed E-state index contributed by atoms with van der Waals surface area (Å²) in [5.41, 5.74) is -0.665. The number of nitrogens with zero attached hydrogens (tertiary/aromatic N) is 1. The number of carbonyl (C=O) groups excluding carboxylic acids is 1. The fourth-order valence-corrected chi connectivity index (χ4v) is 10.2. The molecular formula is C31H35F2NO5Si. The van der Waals surface area contributed by atoms with Crippen molar-refractivity contribution in [2.45, 2.75) is 58.5 Å². The first-order chi connectivity index (χ1) is 18.9. The lowest BCUT2D eigenvalue weighted by Crippen LogP contribution is -2.66. The lowest BCUT2D eigenvalue weighted by Gasteiger charge is -2.43. The number of carboxylic acid groups (broad SMARTS) is 1. The van der Waals surface area contributed by atoms with Gasteiger partial charge >= 0.3 is 5.97 Å². The van der Waals surface area contributed by atoms with Crippen molar-refractivity contribution >= 4 is 36.1 Å². The molecule has 1 aliphatic heterocycles. The minimum absolute atomic E-state index is 0.0422. The van der Waals surface area contributed by atoms with Crippen molar-refractivity contribution in [2.24, 2.45) is 0 Å². The van der Waals surface area contributed by atoms with Gasteiger partial charge in [-0.2, -0.15) is 0 Å². The Balaban J connectivity index is 1.91. The van der Waals surface area contributed by atoms with Crippen LogP contribution in [0.5, 0.6) is 0 Å². The average molecular weight is 568 g/mol. The van der Waals surface area contributed by atoms with Gasteiger partial charge in [-0.3, -0.25) is 4.79 Å². The molecule has 0 amide bonds. The molecule has 3 aromatic carbocycles. The van der Waals surface area contributed by atoms with Crippen LogP contribution in [0.15, 0.2) is 66.7 Å². The molecule has 1 fully saturated rings. The average Bonchev–Trinajstić information content (AvgIpc) is 2.90. The first-order valence-electron chi connectivity index (χ1n) is 13.3. The summed E-state index contributed by atoms with van der Waals surface area (Å²) in [6, 6.07) is 20.8. The molecule has 0 bridgehead atoms. The third kappa shape index (κ3) is 5.59. The molecule has 6 nitrogen and oxygen atoms in total. The van der Waals surface area contributed by atoms with Gasteiger partial charge in [-0.25, -0.2) is 13.6 Å². The van der Waals surface area contributed by atoms with E-state index in [-0.39, 0.29) is 30.1 Å². The van der Waals surface area contributed by atoms with E-state index in [1.54, 1.807) is 4.90 Å². The van der Waals surface area contributed by atoms with Crippen molar-refractivity contribution in [3.05, 3.63) is 89.5 Å². The zero-order chi connectivity index (χ0) is 29.2. The summed E-state index contributed by atoms with van der Waals surface area (Å²) in [5.74, 6) is -6.13. The minimum atomic E-state index is -3.09. The number of ketones is 1. The number of hydrogen-bond acceptors (Lipinski definition) is 5. The van der Waals surface area contributed by atoms with Crippen molar-refractivity contribution in [3.63, 3.8) is 0 Å². The Labute approximate surface area is 234 Å². The second-order valence-corrected chi connectivity index (χ2v) is 15.6. The van der Waals surface area contributed by atoms with E-state index in [2.05, 4.69) is 20.8 Å². The third-order valence-electron chi connectivity index (χ3n) is 7.30. The highest BCUT2D eigenvalue weighted by Gasteiger charge is 2.50. The predicted octanol–water partition coefficient (Wildman–Crippen LogP) is 4.92. The van der Waals surface area contributed by atoms with Crippen LogP contribution in [-0.2, 0) is 20.6 Å². The molecule has 0 aliphatic carbocycles. The second-order valence-electron chi connectivity index (χ2n) is 11.3. The number of rotatable bonds is 8. The molecule has 40 heavy (non-hydrogen) atoms. The molecule has 9 heteroatoms. The van der Waals surface area contributed by atoms with Crippen LogP contribution in [0.1, 0.15) is 50.5 Å². The maximum absolute atomic E-state index is 15.8.